The summed E-state index contributed by atoms with van der Waals surface area (Å²) in [6, 6.07) is 0.499. The van der Waals surface area contributed by atoms with Gasteiger partial charge in [-0.1, -0.05) is 6.92 Å². The summed E-state index contributed by atoms with van der Waals surface area (Å²) >= 11 is 0. The number of carbonyl (C=O) groups is 1. The van der Waals surface area contributed by atoms with Gasteiger partial charge in [0.25, 0.3) is 0 Å². The van der Waals surface area contributed by atoms with Crippen LogP contribution in [-0.4, -0.2) is 18.5 Å². The van der Waals surface area contributed by atoms with Crippen LogP contribution in [0.1, 0.15) is 51.9 Å². The van der Waals surface area contributed by atoms with E-state index in [1.807, 2.05) is 0 Å². The second-order valence-corrected chi connectivity index (χ2v) is 7.09. The van der Waals surface area contributed by atoms with E-state index in [0.717, 1.165) is 24.2 Å². The number of carbonyl (C=O) groups excluding carboxylic acids is 1. The lowest BCUT2D eigenvalue weighted by Gasteiger charge is -2.59. The Morgan fingerprint density at radius 2 is 1.72 bits per heavy atom. The fourth-order valence-electron chi connectivity index (χ4n) is 5.62. The average Bonchev–Trinajstić information content (AvgIpc) is 2.26. The summed E-state index contributed by atoms with van der Waals surface area (Å²) in [6.45, 7) is 2.59. The summed E-state index contributed by atoms with van der Waals surface area (Å²) in [5, 5.41) is 3.45. The first-order chi connectivity index (χ1) is 8.61. The van der Waals surface area contributed by atoms with Crippen LogP contribution >= 0.6 is 0 Å². The standard InChI is InChI=1S/C15H26N2O/c1-2-13(17-9-14(16)18)15-6-10-3-11(7-15)5-12(4-10)8-15/h10-13,17H,2-9H2,1H3,(H2,16,18)/t10?,11?,12?,13-,15?/m0/s1. The zero-order valence-corrected chi connectivity index (χ0v) is 11.5. The molecule has 4 aliphatic carbocycles. The first-order valence-electron chi connectivity index (χ1n) is 7.63. The van der Waals surface area contributed by atoms with E-state index in [2.05, 4.69) is 12.2 Å². The Balaban J connectivity index is 1.74. The first kappa shape index (κ1) is 12.5. The molecule has 0 unspecified atom stereocenters. The number of hydrogen-bond donors (Lipinski definition) is 2. The van der Waals surface area contributed by atoms with Gasteiger partial charge >= 0.3 is 0 Å². The summed E-state index contributed by atoms with van der Waals surface area (Å²) in [6.07, 6.45) is 9.73. The minimum atomic E-state index is -0.224. The van der Waals surface area contributed by atoms with Crippen molar-refractivity contribution in [3.8, 4) is 0 Å². The molecule has 0 aromatic heterocycles. The smallest absolute Gasteiger partial charge is 0.231 e. The molecule has 4 fully saturated rings. The SMILES string of the molecule is CC[C@H](NCC(N)=O)C12CC3CC(CC(C3)C1)C2. The third-order valence-electron chi connectivity index (χ3n) is 5.76. The van der Waals surface area contributed by atoms with Gasteiger partial charge in [0.05, 0.1) is 6.54 Å². The van der Waals surface area contributed by atoms with Crippen molar-refractivity contribution >= 4 is 5.91 Å². The highest BCUT2D eigenvalue weighted by atomic mass is 16.1. The molecule has 1 atom stereocenters. The largest absolute Gasteiger partial charge is 0.369 e. The van der Waals surface area contributed by atoms with E-state index in [4.69, 9.17) is 5.73 Å². The van der Waals surface area contributed by atoms with Crippen LogP contribution in [0.2, 0.25) is 0 Å². The van der Waals surface area contributed by atoms with Crippen LogP contribution in [0.5, 0.6) is 0 Å². The molecule has 3 heteroatoms. The normalized spacial score (nSPS) is 43.1. The summed E-state index contributed by atoms with van der Waals surface area (Å²) in [5.41, 5.74) is 5.77. The van der Waals surface area contributed by atoms with Crippen molar-refractivity contribution < 1.29 is 4.79 Å². The van der Waals surface area contributed by atoms with E-state index in [1.165, 1.54) is 38.5 Å². The van der Waals surface area contributed by atoms with E-state index in [0.29, 0.717) is 18.0 Å². The van der Waals surface area contributed by atoms with Crippen LogP contribution in [0.25, 0.3) is 0 Å². The van der Waals surface area contributed by atoms with Crippen LogP contribution in [-0.2, 0) is 4.79 Å². The average molecular weight is 250 g/mol. The van der Waals surface area contributed by atoms with Gasteiger partial charge in [0.1, 0.15) is 0 Å². The molecule has 0 heterocycles. The summed E-state index contributed by atoms with van der Waals surface area (Å²) in [5.74, 6) is 2.69. The minimum absolute atomic E-state index is 0.224. The van der Waals surface area contributed by atoms with Gasteiger partial charge in [-0.15, -0.1) is 0 Å². The van der Waals surface area contributed by atoms with Gasteiger partial charge in [0, 0.05) is 6.04 Å². The van der Waals surface area contributed by atoms with Crippen molar-refractivity contribution in [1.29, 1.82) is 0 Å². The minimum Gasteiger partial charge on any atom is -0.369 e. The van der Waals surface area contributed by atoms with Gasteiger partial charge in [-0.3, -0.25) is 4.79 Å². The molecule has 0 spiro atoms. The summed E-state index contributed by atoms with van der Waals surface area (Å²) in [4.78, 5) is 11.0. The van der Waals surface area contributed by atoms with E-state index < -0.39 is 0 Å². The molecule has 0 aliphatic heterocycles. The molecule has 0 saturated heterocycles. The number of primary amides is 1. The lowest BCUT2D eigenvalue weighted by atomic mass is 9.47. The van der Waals surface area contributed by atoms with Crippen molar-refractivity contribution in [3.05, 3.63) is 0 Å². The Hall–Kier alpha value is -0.570. The Bertz CT molecular complexity index is 304. The third kappa shape index (κ3) is 2.07. The summed E-state index contributed by atoms with van der Waals surface area (Å²) in [7, 11) is 0. The predicted molar refractivity (Wildman–Crippen MR) is 71.9 cm³/mol. The Labute approximate surface area is 110 Å². The van der Waals surface area contributed by atoms with Crippen molar-refractivity contribution in [3.63, 3.8) is 0 Å². The van der Waals surface area contributed by atoms with Crippen molar-refractivity contribution in [1.82, 2.24) is 5.32 Å². The molecule has 4 rings (SSSR count). The Morgan fingerprint density at radius 1 is 1.22 bits per heavy atom. The lowest BCUT2D eigenvalue weighted by Crippen LogP contribution is -2.56. The fourth-order valence-corrected chi connectivity index (χ4v) is 5.62. The van der Waals surface area contributed by atoms with E-state index in [1.54, 1.807) is 0 Å². The van der Waals surface area contributed by atoms with Crippen molar-refractivity contribution in [2.45, 2.75) is 57.9 Å². The number of nitrogens with one attached hydrogen (secondary N) is 1. The molecule has 0 aromatic rings. The molecular formula is C15H26N2O. The Kier molecular flexibility index (Phi) is 3.13. The topological polar surface area (TPSA) is 55.1 Å². The fraction of sp³-hybridized carbons (Fsp3) is 0.933. The van der Waals surface area contributed by atoms with Gasteiger partial charge < -0.3 is 11.1 Å². The van der Waals surface area contributed by atoms with Gasteiger partial charge in [0.2, 0.25) is 5.91 Å². The Morgan fingerprint density at radius 3 is 2.11 bits per heavy atom. The van der Waals surface area contributed by atoms with Crippen LogP contribution in [0.3, 0.4) is 0 Å². The zero-order valence-electron chi connectivity index (χ0n) is 11.5. The molecule has 18 heavy (non-hydrogen) atoms. The highest BCUT2D eigenvalue weighted by molar-refractivity contribution is 5.75. The molecule has 0 aromatic carbocycles. The van der Waals surface area contributed by atoms with E-state index in [-0.39, 0.29) is 5.91 Å². The second-order valence-electron chi connectivity index (χ2n) is 7.09. The lowest BCUT2D eigenvalue weighted by molar-refractivity contribution is -0.118. The van der Waals surface area contributed by atoms with Crippen molar-refractivity contribution in [2.75, 3.05) is 6.54 Å². The molecule has 102 valence electrons. The molecule has 4 aliphatic rings. The monoisotopic (exact) mass is 250 g/mol. The van der Waals surface area contributed by atoms with E-state index in [9.17, 15) is 4.79 Å². The third-order valence-corrected chi connectivity index (χ3v) is 5.76. The van der Waals surface area contributed by atoms with Crippen LogP contribution in [0.4, 0.5) is 0 Å². The number of rotatable bonds is 5. The summed E-state index contributed by atoms with van der Waals surface area (Å²) < 4.78 is 0. The maximum Gasteiger partial charge on any atom is 0.231 e. The van der Waals surface area contributed by atoms with Crippen LogP contribution in [0, 0.1) is 23.2 Å². The second kappa shape index (κ2) is 4.52. The van der Waals surface area contributed by atoms with Crippen LogP contribution < -0.4 is 11.1 Å². The quantitative estimate of drug-likeness (QED) is 0.784. The molecule has 4 saturated carbocycles. The number of hydrogen-bond acceptors (Lipinski definition) is 2. The van der Waals surface area contributed by atoms with Gasteiger partial charge in [-0.25, -0.2) is 0 Å². The first-order valence-corrected chi connectivity index (χ1v) is 7.63. The van der Waals surface area contributed by atoms with Gasteiger partial charge in [-0.05, 0) is 68.1 Å². The highest BCUT2D eigenvalue weighted by Gasteiger charge is 2.53. The molecule has 3 N–H and O–H groups in total. The maximum atomic E-state index is 11.0. The number of amides is 1. The predicted octanol–water partition coefficient (Wildman–Crippen LogP) is 2.06. The van der Waals surface area contributed by atoms with Gasteiger partial charge in [-0.2, -0.15) is 0 Å². The molecule has 1 amide bonds. The highest BCUT2D eigenvalue weighted by Crippen LogP contribution is 2.61. The number of nitrogens with two attached hydrogens (primary N) is 1. The van der Waals surface area contributed by atoms with Crippen LogP contribution in [0.15, 0.2) is 0 Å². The maximum absolute atomic E-state index is 11.0. The molecule has 0 radical (unpaired) electrons. The van der Waals surface area contributed by atoms with E-state index >= 15 is 0 Å². The molecule has 4 bridgehead atoms. The molecular weight excluding hydrogens is 224 g/mol. The van der Waals surface area contributed by atoms with Gasteiger partial charge in [0.15, 0.2) is 0 Å². The van der Waals surface area contributed by atoms with Crippen molar-refractivity contribution in [2.24, 2.45) is 28.9 Å². The zero-order chi connectivity index (χ0) is 12.8. The molecule has 3 nitrogen and oxygen atoms in total.